The fourth-order valence-corrected chi connectivity index (χ4v) is 1.91. The van der Waals surface area contributed by atoms with Crippen LogP contribution in [0.1, 0.15) is 40.2 Å². The molecule has 1 atom stereocenters. The molecule has 0 saturated carbocycles. The fourth-order valence-electron chi connectivity index (χ4n) is 1.91. The number of hydrogen-bond acceptors (Lipinski definition) is 9. The number of anilines is 2. The number of nitrogens with one attached hydrogen (secondary N) is 1. The van der Waals surface area contributed by atoms with Crippen molar-refractivity contribution in [3.63, 3.8) is 0 Å². The SMILES string of the molecule is Nc1nc(C(=O)NCCCO)c(N)nc1C(=O)CC[C@H](CO)C(=O)O. The summed E-state index contributed by atoms with van der Waals surface area (Å²) in [5.41, 5.74) is 10.8. The third kappa shape index (κ3) is 5.65. The summed E-state index contributed by atoms with van der Waals surface area (Å²) in [6, 6.07) is 0. The Labute approximate surface area is 143 Å². The zero-order valence-corrected chi connectivity index (χ0v) is 13.4. The van der Waals surface area contributed by atoms with Crippen molar-refractivity contribution >= 4 is 29.3 Å². The highest BCUT2D eigenvalue weighted by Crippen LogP contribution is 2.17. The van der Waals surface area contributed by atoms with Crippen LogP contribution in [0.15, 0.2) is 0 Å². The molecule has 138 valence electrons. The summed E-state index contributed by atoms with van der Waals surface area (Å²) in [5, 5.41) is 28.9. The van der Waals surface area contributed by atoms with Crippen LogP contribution in [0, 0.1) is 5.92 Å². The van der Waals surface area contributed by atoms with E-state index in [1.807, 2.05) is 0 Å². The van der Waals surface area contributed by atoms with Gasteiger partial charge in [-0.25, -0.2) is 9.97 Å². The summed E-state index contributed by atoms with van der Waals surface area (Å²) in [6.07, 6.45) is 0.0215. The van der Waals surface area contributed by atoms with Gasteiger partial charge in [0.05, 0.1) is 12.5 Å². The number of carbonyl (C=O) groups is 3. The molecule has 1 heterocycles. The number of nitrogens with zero attached hydrogens (tertiary/aromatic N) is 2. The zero-order chi connectivity index (χ0) is 19.0. The van der Waals surface area contributed by atoms with Gasteiger partial charge in [-0.2, -0.15) is 0 Å². The number of rotatable bonds is 10. The number of amides is 1. The normalized spacial score (nSPS) is 11.8. The predicted molar refractivity (Wildman–Crippen MR) is 86.7 cm³/mol. The Hall–Kier alpha value is -2.79. The molecule has 0 fully saturated rings. The van der Waals surface area contributed by atoms with E-state index in [9.17, 15) is 14.4 Å². The van der Waals surface area contributed by atoms with E-state index in [-0.39, 0.29) is 49.0 Å². The van der Waals surface area contributed by atoms with Gasteiger partial charge in [-0.15, -0.1) is 0 Å². The molecule has 25 heavy (non-hydrogen) atoms. The second-order valence-electron chi connectivity index (χ2n) is 5.20. The average Bonchev–Trinajstić information content (AvgIpc) is 2.56. The highest BCUT2D eigenvalue weighted by atomic mass is 16.4. The molecular formula is C14H21N5O6. The molecule has 0 spiro atoms. The third-order valence-corrected chi connectivity index (χ3v) is 3.34. The highest BCUT2D eigenvalue weighted by molar-refractivity contribution is 6.01. The maximum atomic E-state index is 12.1. The van der Waals surface area contributed by atoms with Crippen molar-refractivity contribution in [3.8, 4) is 0 Å². The number of Topliss-reactive ketones (excluding diaryl/α,β-unsaturated/α-hetero) is 1. The van der Waals surface area contributed by atoms with Crippen LogP contribution in [0.25, 0.3) is 0 Å². The number of hydrogen-bond donors (Lipinski definition) is 6. The third-order valence-electron chi connectivity index (χ3n) is 3.34. The van der Waals surface area contributed by atoms with Crippen molar-refractivity contribution in [1.29, 1.82) is 0 Å². The second kappa shape index (κ2) is 9.49. The number of aromatic nitrogens is 2. The number of nitrogen functional groups attached to an aromatic ring is 2. The van der Waals surface area contributed by atoms with Gasteiger partial charge in [0, 0.05) is 19.6 Å². The molecule has 0 saturated heterocycles. The molecule has 0 unspecified atom stereocenters. The van der Waals surface area contributed by atoms with Crippen molar-refractivity contribution in [2.24, 2.45) is 5.92 Å². The number of ketones is 1. The number of nitrogens with two attached hydrogens (primary N) is 2. The number of aliphatic hydroxyl groups is 2. The molecule has 0 radical (unpaired) electrons. The van der Waals surface area contributed by atoms with Crippen molar-refractivity contribution in [3.05, 3.63) is 11.4 Å². The molecule has 11 nitrogen and oxygen atoms in total. The first-order valence-corrected chi connectivity index (χ1v) is 7.50. The van der Waals surface area contributed by atoms with E-state index >= 15 is 0 Å². The summed E-state index contributed by atoms with van der Waals surface area (Å²) in [7, 11) is 0. The van der Waals surface area contributed by atoms with Crippen LogP contribution in [0.5, 0.6) is 0 Å². The molecule has 0 aliphatic rings. The minimum atomic E-state index is -1.22. The Balaban J connectivity index is 2.85. The standard InChI is InChI=1S/C14H21N5O6/c15-11-9(8(22)3-2-7(6-21)14(24)25)18-12(16)10(19-11)13(23)17-4-1-5-20/h7,20-21H,1-6H2,(H2,15,19)(H2,16,18)(H,17,23)(H,24,25)/t7-/m1/s1. The summed E-state index contributed by atoms with van der Waals surface area (Å²) in [5.74, 6) is -4.13. The first-order valence-electron chi connectivity index (χ1n) is 7.50. The molecule has 1 amide bonds. The molecule has 0 bridgehead atoms. The lowest BCUT2D eigenvalue weighted by Crippen LogP contribution is -2.28. The summed E-state index contributed by atoms with van der Waals surface area (Å²) in [6.45, 7) is -0.490. The van der Waals surface area contributed by atoms with E-state index in [0.29, 0.717) is 6.42 Å². The molecule has 0 aromatic carbocycles. The van der Waals surface area contributed by atoms with Crippen LogP contribution in [0.4, 0.5) is 11.6 Å². The van der Waals surface area contributed by atoms with Crippen LogP contribution in [0.3, 0.4) is 0 Å². The van der Waals surface area contributed by atoms with Gasteiger partial charge in [0.2, 0.25) is 0 Å². The Morgan fingerprint density at radius 3 is 2.24 bits per heavy atom. The van der Waals surface area contributed by atoms with E-state index in [2.05, 4.69) is 15.3 Å². The van der Waals surface area contributed by atoms with Gasteiger partial charge in [-0.1, -0.05) is 0 Å². The predicted octanol–water partition coefficient (Wildman–Crippen LogP) is -1.59. The highest BCUT2D eigenvalue weighted by Gasteiger charge is 2.23. The van der Waals surface area contributed by atoms with Gasteiger partial charge in [-0.05, 0) is 12.8 Å². The lowest BCUT2D eigenvalue weighted by Gasteiger charge is -2.11. The average molecular weight is 355 g/mol. The minimum absolute atomic E-state index is 0.0950. The summed E-state index contributed by atoms with van der Waals surface area (Å²) in [4.78, 5) is 42.4. The van der Waals surface area contributed by atoms with E-state index < -0.39 is 30.2 Å². The lowest BCUT2D eigenvalue weighted by molar-refractivity contribution is -0.143. The maximum Gasteiger partial charge on any atom is 0.308 e. The Morgan fingerprint density at radius 2 is 1.68 bits per heavy atom. The summed E-state index contributed by atoms with van der Waals surface area (Å²) < 4.78 is 0. The number of carboxylic acid groups (broad SMARTS) is 1. The van der Waals surface area contributed by atoms with Crippen molar-refractivity contribution < 1.29 is 29.7 Å². The van der Waals surface area contributed by atoms with Crippen molar-refractivity contribution in [2.75, 3.05) is 31.2 Å². The zero-order valence-electron chi connectivity index (χ0n) is 13.4. The largest absolute Gasteiger partial charge is 0.481 e. The lowest BCUT2D eigenvalue weighted by atomic mass is 10.0. The Kier molecular flexibility index (Phi) is 7.69. The number of carbonyl (C=O) groups excluding carboxylic acids is 2. The second-order valence-corrected chi connectivity index (χ2v) is 5.20. The van der Waals surface area contributed by atoms with Crippen LogP contribution in [-0.2, 0) is 4.79 Å². The Morgan fingerprint density at radius 1 is 1.08 bits per heavy atom. The first-order chi connectivity index (χ1) is 11.8. The van der Waals surface area contributed by atoms with Crippen LogP contribution in [0.2, 0.25) is 0 Å². The maximum absolute atomic E-state index is 12.1. The van der Waals surface area contributed by atoms with E-state index in [0.717, 1.165) is 0 Å². The fraction of sp³-hybridized carbons (Fsp3) is 0.500. The molecule has 0 aliphatic heterocycles. The monoisotopic (exact) mass is 355 g/mol. The van der Waals surface area contributed by atoms with E-state index in [1.54, 1.807) is 0 Å². The van der Waals surface area contributed by atoms with E-state index in [4.69, 9.17) is 26.8 Å². The first kappa shape index (κ1) is 20.3. The van der Waals surface area contributed by atoms with Gasteiger partial charge >= 0.3 is 5.97 Å². The van der Waals surface area contributed by atoms with Crippen molar-refractivity contribution in [1.82, 2.24) is 15.3 Å². The van der Waals surface area contributed by atoms with Gasteiger partial charge in [0.1, 0.15) is 0 Å². The molecule has 1 rings (SSSR count). The molecule has 8 N–H and O–H groups in total. The topological polar surface area (TPSA) is 202 Å². The smallest absolute Gasteiger partial charge is 0.308 e. The molecular weight excluding hydrogens is 334 g/mol. The van der Waals surface area contributed by atoms with E-state index in [1.165, 1.54) is 0 Å². The number of aliphatic hydroxyl groups excluding tert-OH is 2. The van der Waals surface area contributed by atoms with Crippen LogP contribution < -0.4 is 16.8 Å². The number of carboxylic acids is 1. The van der Waals surface area contributed by atoms with Crippen molar-refractivity contribution in [2.45, 2.75) is 19.3 Å². The number of aliphatic carboxylic acids is 1. The quantitative estimate of drug-likeness (QED) is 0.210. The van der Waals surface area contributed by atoms with Gasteiger partial charge < -0.3 is 32.1 Å². The van der Waals surface area contributed by atoms with Gasteiger partial charge in [0.25, 0.3) is 5.91 Å². The molecule has 11 heteroatoms. The van der Waals surface area contributed by atoms with Crippen LogP contribution >= 0.6 is 0 Å². The minimum Gasteiger partial charge on any atom is -0.481 e. The van der Waals surface area contributed by atoms with Crippen LogP contribution in [-0.4, -0.2) is 62.7 Å². The van der Waals surface area contributed by atoms with Gasteiger partial charge in [0.15, 0.2) is 28.8 Å². The Bertz CT molecular complexity index is 651. The molecule has 0 aliphatic carbocycles. The molecule has 1 aromatic rings. The van der Waals surface area contributed by atoms with Gasteiger partial charge in [-0.3, -0.25) is 14.4 Å². The summed E-state index contributed by atoms with van der Waals surface area (Å²) >= 11 is 0. The molecule has 1 aromatic heterocycles.